The summed E-state index contributed by atoms with van der Waals surface area (Å²) >= 11 is 0. The van der Waals surface area contributed by atoms with Crippen molar-refractivity contribution in [2.24, 2.45) is 7.05 Å². The highest BCUT2D eigenvalue weighted by Gasteiger charge is 2.20. The molecule has 1 N–H and O–H groups in total. The third-order valence-corrected chi connectivity index (χ3v) is 3.78. The van der Waals surface area contributed by atoms with Crippen molar-refractivity contribution in [3.63, 3.8) is 0 Å². The Labute approximate surface area is 134 Å². The first-order chi connectivity index (χ1) is 11.0. The van der Waals surface area contributed by atoms with Crippen LogP contribution >= 0.6 is 0 Å². The van der Waals surface area contributed by atoms with Crippen LogP contribution in [0.25, 0.3) is 5.69 Å². The maximum atomic E-state index is 12.7. The molecule has 6 heteroatoms. The van der Waals surface area contributed by atoms with E-state index in [1.807, 2.05) is 58.2 Å². The van der Waals surface area contributed by atoms with Crippen LogP contribution in [0.15, 0.2) is 36.5 Å². The van der Waals surface area contributed by atoms with E-state index in [1.54, 1.807) is 15.6 Å². The first-order valence-electron chi connectivity index (χ1n) is 7.40. The van der Waals surface area contributed by atoms with E-state index in [0.717, 1.165) is 17.1 Å². The molecule has 0 unspecified atom stereocenters. The van der Waals surface area contributed by atoms with Gasteiger partial charge < -0.3 is 5.32 Å². The normalized spacial score (nSPS) is 10.8. The Bertz CT molecular complexity index is 861. The lowest BCUT2D eigenvalue weighted by molar-refractivity contribution is 0.102. The van der Waals surface area contributed by atoms with Crippen LogP contribution in [0.3, 0.4) is 0 Å². The minimum absolute atomic E-state index is 0.168. The fourth-order valence-electron chi connectivity index (χ4n) is 2.70. The van der Waals surface area contributed by atoms with Gasteiger partial charge in [0.1, 0.15) is 0 Å². The molecule has 1 amide bonds. The lowest BCUT2D eigenvalue weighted by atomic mass is 10.1. The number of aromatic nitrogens is 4. The number of hydrogen-bond donors (Lipinski definition) is 1. The molecule has 0 aliphatic heterocycles. The second-order valence-electron chi connectivity index (χ2n) is 5.55. The summed E-state index contributed by atoms with van der Waals surface area (Å²) in [5, 5.41) is 11.7. The van der Waals surface area contributed by atoms with Crippen molar-refractivity contribution in [3.8, 4) is 5.69 Å². The molecule has 0 saturated carbocycles. The van der Waals surface area contributed by atoms with E-state index in [2.05, 4.69) is 15.5 Å². The zero-order valence-electron chi connectivity index (χ0n) is 13.7. The van der Waals surface area contributed by atoms with Crippen LogP contribution in [0.1, 0.15) is 27.4 Å². The quantitative estimate of drug-likeness (QED) is 0.809. The number of carbonyl (C=O) groups is 1. The number of anilines is 1. The van der Waals surface area contributed by atoms with E-state index in [9.17, 15) is 4.79 Å². The van der Waals surface area contributed by atoms with Gasteiger partial charge >= 0.3 is 0 Å². The summed E-state index contributed by atoms with van der Waals surface area (Å²) in [5.74, 6) is -0.168. The minimum atomic E-state index is -0.168. The van der Waals surface area contributed by atoms with Gasteiger partial charge in [0, 0.05) is 13.2 Å². The maximum Gasteiger partial charge on any atom is 0.259 e. The maximum absolute atomic E-state index is 12.7. The Morgan fingerprint density at radius 3 is 2.35 bits per heavy atom. The predicted octanol–water partition coefficient (Wildman–Crippen LogP) is 2.78. The average molecular weight is 309 g/mol. The molecule has 2 aromatic heterocycles. The van der Waals surface area contributed by atoms with Crippen molar-refractivity contribution >= 4 is 11.6 Å². The van der Waals surface area contributed by atoms with Crippen molar-refractivity contribution in [2.75, 3.05) is 5.32 Å². The molecule has 0 aliphatic rings. The van der Waals surface area contributed by atoms with Gasteiger partial charge in [0.15, 0.2) is 0 Å². The molecule has 3 rings (SSSR count). The summed E-state index contributed by atoms with van der Waals surface area (Å²) in [7, 11) is 1.83. The van der Waals surface area contributed by atoms with E-state index in [0.29, 0.717) is 16.9 Å². The first-order valence-corrected chi connectivity index (χ1v) is 7.40. The Hall–Kier alpha value is -2.89. The summed E-state index contributed by atoms with van der Waals surface area (Å²) in [4.78, 5) is 12.7. The number of rotatable bonds is 3. The van der Waals surface area contributed by atoms with Gasteiger partial charge in [-0.15, -0.1) is 0 Å². The predicted molar refractivity (Wildman–Crippen MR) is 88.9 cm³/mol. The smallest absolute Gasteiger partial charge is 0.259 e. The highest BCUT2D eigenvalue weighted by Crippen LogP contribution is 2.20. The van der Waals surface area contributed by atoms with Crippen LogP contribution in [-0.2, 0) is 7.05 Å². The van der Waals surface area contributed by atoms with Crippen molar-refractivity contribution in [1.29, 1.82) is 0 Å². The van der Waals surface area contributed by atoms with Crippen LogP contribution in [0.5, 0.6) is 0 Å². The molecule has 23 heavy (non-hydrogen) atoms. The number of para-hydroxylation sites is 1. The van der Waals surface area contributed by atoms with Gasteiger partial charge in [0.2, 0.25) is 0 Å². The summed E-state index contributed by atoms with van der Waals surface area (Å²) in [6, 6.07) is 9.78. The van der Waals surface area contributed by atoms with Crippen molar-refractivity contribution in [1.82, 2.24) is 19.6 Å². The number of carbonyl (C=O) groups excluding carboxylic acids is 1. The minimum Gasteiger partial charge on any atom is -0.319 e. The number of hydrogen-bond acceptors (Lipinski definition) is 3. The molecule has 3 aromatic rings. The Kier molecular flexibility index (Phi) is 3.73. The zero-order chi connectivity index (χ0) is 16.6. The van der Waals surface area contributed by atoms with Crippen LogP contribution in [-0.4, -0.2) is 25.5 Å². The third-order valence-electron chi connectivity index (χ3n) is 3.78. The largest absolute Gasteiger partial charge is 0.319 e. The van der Waals surface area contributed by atoms with Gasteiger partial charge in [-0.05, 0) is 32.9 Å². The van der Waals surface area contributed by atoms with E-state index < -0.39 is 0 Å². The second kappa shape index (κ2) is 5.72. The number of nitrogens with zero attached hydrogens (tertiary/aromatic N) is 4. The molecule has 1 aromatic carbocycles. The molecular formula is C17H19N5O. The molecule has 0 aliphatic carbocycles. The topological polar surface area (TPSA) is 64.7 Å². The number of nitrogens with one attached hydrogen (secondary N) is 1. The summed E-state index contributed by atoms with van der Waals surface area (Å²) < 4.78 is 3.47. The van der Waals surface area contributed by atoms with Crippen LogP contribution in [0.4, 0.5) is 5.69 Å². The van der Waals surface area contributed by atoms with Crippen LogP contribution in [0, 0.1) is 20.8 Å². The number of aryl methyl sites for hydroxylation is 3. The fraction of sp³-hybridized carbons (Fsp3) is 0.235. The molecule has 6 nitrogen and oxygen atoms in total. The fourth-order valence-corrected chi connectivity index (χ4v) is 2.70. The molecule has 0 fully saturated rings. The third kappa shape index (κ3) is 2.75. The molecule has 0 bridgehead atoms. The SMILES string of the molecule is Cc1nn(C)cc1NC(=O)c1c(C)nn(-c2ccccc2)c1C. The average Bonchev–Trinajstić information content (AvgIpc) is 2.98. The molecule has 0 radical (unpaired) electrons. The highest BCUT2D eigenvalue weighted by molar-refractivity contribution is 6.06. The molecule has 0 spiro atoms. The Morgan fingerprint density at radius 2 is 1.74 bits per heavy atom. The lowest BCUT2D eigenvalue weighted by Crippen LogP contribution is -2.14. The Morgan fingerprint density at radius 1 is 1.04 bits per heavy atom. The molecule has 2 heterocycles. The number of benzene rings is 1. The number of amides is 1. The Balaban J connectivity index is 1.96. The summed E-state index contributed by atoms with van der Waals surface area (Å²) in [5.41, 5.74) is 4.54. The van der Waals surface area contributed by atoms with Gasteiger partial charge in [0.05, 0.1) is 34.0 Å². The molecule has 118 valence electrons. The van der Waals surface area contributed by atoms with Gasteiger partial charge in [-0.3, -0.25) is 9.48 Å². The van der Waals surface area contributed by atoms with Crippen molar-refractivity contribution in [3.05, 3.63) is 59.2 Å². The lowest BCUT2D eigenvalue weighted by Gasteiger charge is -2.06. The first kappa shape index (κ1) is 15.0. The summed E-state index contributed by atoms with van der Waals surface area (Å²) in [6.07, 6.45) is 1.79. The van der Waals surface area contributed by atoms with Crippen LogP contribution in [0.2, 0.25) is 0 Å². The van der Waals surface area contributed by atoms with Gasteiger partial charge in [-0.2, -0.15) is 10.2 Å². The van der Waals surface area contributed by atoms with E-state index >= 15 is 0 Å². The van der Waals surface area contributed by atoms with Crippen LogP contribution < -0.4 is 5.32 Å². The molecular weight excluding hydrogens is 290 g/mol. The zero-order valence-corrected chi connectivity index (χ0v) is 13.7. The van der Waals surface area contributed by atoms with E-state index in [1.165, 1.54) is 0 Å². The molecule has 0 atom stereocenters. The summed E-state index contributed by atoms with van der Waals surface area (Å²) in [6.45, 7) is 5.61. The standard InChI is InChI=1S/C17H19N5O/c1-11-15(10-21(4)19-11)18-17(23)16-12(2)20-22(13(16)3)14-8-6-5-7-9-14/h5-10H,1-4H3,(H,18,23). The van der Waals surface area contributed by atoms with Gasteiger partial charge in [-0.1, -0.05) is 18.2 Å². The van der Waals surface area contributed by atoms with Gasteiger partial charge in [-0.25, -0.2) is 4.68 Å². The van der Waals surface area contributed by atoms with E-state index in [4.69, 9.17) is 0 Å². The highest BCUT2D eigenvalue weighted by atomic mass is 16.1. The van der Waals surface area contributed by atoms with Gasteiger partial charge in [0.25, 0.3) is 5.91 Å². The second-order valence-corrected chi connectivity index (χ2v) is 5.55. The monoisotopic (exact) mass is 309 g/mol. The van der Waals surface area contributed by atoms with Crippen molar-refractivity contribution in [2.45, 2.75) is 20.8 Å². The van der Waals surface area contributed by atoms with Crippen molar-refractivity contribution < 1.29 is 4.79 Å². The molecule has 0 saturated heterocycles. The van der Waals surface area contributed by atoms with E-state index in [-0.39, 0.29) is 5.91 Å².